The van der Waals surface area contributed by atoms with Crippen molar-refractivity contribution in [1.29, 1.82) is 0 Å². The molecule has 19 heavy (non-hydrogen) atoms. The SMILES string of the molecule is CS(C)=NC(=Nc1ccccc1Cl)c1ccccc1. The molecule has 0 bridgehead atoms. The maximum Gasteiger partial charge on any atom is 0.166 e. The van der Waals surface area contributed by atoms with Crippen molar-refractivity contribution in [3.63, 3.8) is 0 Å². The quantitative estimate of drug-likeness (QED) is 0.575. The molecular formula is C15H15ClN2S. The number of amidine groups is 1. The Kier molecular flexibility index (Phi) is 4.88. The van der Waals surface area contributed by atoms with Crippen LogP contribution in [0.5, 0.6) is 0 Å². The number of aliphatic imine (C=N–C) groups is 1. The molecule has 0 radical (unpaired) electrons. The maximum atomic E-state index is 6.15. The third-order valence-corrected chi connectivity index (χ3v) is 3.24. The highest BCUT2D eigenvalue weighted by molar-refractivity contribution is 7.86. The summed E-state index contributed by atoms with van der Waals surface area (Å²) in [6.45, 7) is 0. The van der Waals surface area contributed by atoms with E-state index in [1.54, 1.807) is 0 Å². The minimum absolute atomic E-state index is 0.0753. The van der Waals surface area contributed by atoms with Crippen molar-refractivity contribution in [2.24, 2.45) is 9.36 Å². The van der Waals surface area contributed by atoms with Gasteiger partial charge >= 0.3 is 0 Å². The number of benzene rings is 2. The predicted molar refractivity (Wildman–Crippen MR) is 85.7 cm³/mol. The number of hydrogen-bond acceptors (Lipinski definition) is 1. The first-order valence-corrected chi connectivity index (χ1v) is 8.22. The van der Waals surface area contributed by atoms with Crippen molar-refractivity contribution < 1.29 is 0 Å². The van der Waals surface area contributed by atoms with Crippen LogP contribution in [0, 0.1) is 0 Å². The fraction of sp³-hybridized carbons (Fsp3) is 0.133. The lowest BCUT2D eigenvalue weighted by molar-refractivity contribution is 1.46. The summed E-state index contributed by atoms with van der Waals surface area (Å²) in [6.07, 6.45) is 4.12. The van der Waals surface area contributed by atoms with E-state index in [1.165, 1.54) is 0 Å². The number of halogens is 1. The average Bonchev–Trinajstić information content (AvgIpc) is 2.41. The molecule has 0 heterocycles. The molecule has 2 nitrogen and oxygen atoms in total. The van der Waals surface area contributed by atoms with Crippen molar-refractivity contribution in [1.82, 2.24) is 0 Å². The zero-order valence-electron chi connectivity index (χ0n) is 10.9. The highest BCUT2D eigenvalue weighted by atomic mass is 35.5. The van der Waals surface area contributed by atoms with Crippen molar-refractivity contribution in [3.05, 3.63) is 65.2 Å². The van der Waals surface area contributed by atoms with Crippen molar-refractivity contribution >= 4 is 33.8 Å². The number of rotatable bonds is 2. The van der Waals surface area contributed by atoms with Crippen LogP contribution in [0.25, 0.3) is 0 Å². The van der Waals surface area contributed by atoms with Gasteiger partial charge in [0.2, 0.25) is 0 Å². The summed E-state index contributed by atoms with van der Waals surface area (Å²) in [5, 5.41) is 0.637. The first-order valence-electron chi connectivity index (χ1n) is 5.85. The van der Waals surface area contributed by atoms with E-state index in [0.717, 1.165) is 17.1 Å². The number of hydrogen-bond donors (Lipinski definition) is 0. The van der Waals surface area contributed by atoms with Gasteiger partial charge in [0.1, 0.15) is 0 Å². The molecule has 0 aromatic heterocycles. The fourth-order valence-electron chi connectivity index (χ4n) is 1.55. The van der Waals surface area contributed by atoms with E-state index in [1.807, 2.05) is 54.6 Å². The van der Waals surface area contributed by atoms with Crippen LogP contribution in [0.2, 0.25) is 5.02 Å². The summed E-state index contributed by atoms with van der Waals surface area (Å²) in [4.78, 5) is 4.59. The second-order valence-electron chi connectivity index (χ2n) is 4.12. The van der Waals surface area contributed by atoms with E-state index in [-0.39, 0.29) is 10.7 Å². The summed E-state index contributed by atoms with van der Waals surface area (Å²) in [7, 11) is -0.0753. The summed E-state index contributed by atoms with van der Waals surface area (Å²) in [5.41, 5.74) is 1.75. The molecule has 0 aliphatic carbocycles. The van der Waals surface area contributed by atoms with Crippen LogP contribution in [0.3, 0.4) is 0 Å². The molecular weight excluding hydrogens is 276 g/mol. The van der Waals surface area contributed by atoms with Gasteiger partial charge < -0.3 is 0 Å². The van der Waals surface area contributed by atoms with Gasteiger partial charge in [-0.3, -0.25) is 0 Å². The van der Waals surface area contributed by atoms with Crippen LogP contribution >= 0.6 is 11.6 Å². The highest BCUT2D eigenvalue weighted by Crippen LogP contribution is 2.25. The Morgan fingerprint density at radius 2 is 1.58 bits per heavy atom. The van der Waals surface area contributed by atoms with Crippen LogP contribution in [0.1, 0.15) is 5.56 Å². The van der Waals surface area contributed by atoms with Crippen LogP contribution in [-0.4, -0.2) is 18.3 Å². The van der Waals surface area contributed by atoms with Gasteiger partial charge in [0.05, 0.1) is 10.7 Å². The Morgan fingerprint density at radius 3 is 2.21 bits per heavy atom. The van der Waals surface area contributed by atoms with Gasteiger partial charge in [-0.15, -0.1) is 0 Å². The van der Waals surface area contributed by atoms with Gasteiger partial charge in [-0.2, -0.15) is 0 Å². The Bertz CT molecular complexity index is 617. The monoisotopic (exact) mass is 290 g/mol. The fourth-order valence-corrected chi connectivity index (χ4v) is 2.22. The normalized spacial score (nSPS) is 11.7. The van der Waals surface area contributed by atoms with Crippen LogP contribution in [0.15, 0.2) is 64.0 Å². The first-order chi connectivity index (χ1) is 9.16. The summed E-state index contributed by atoms with van der Waals surface area (Å²) in [6, 6.07) is 17.5. The topological polar surface area (TPSA) is 24.7 Å². The summed E-state index contributed by atoms with van der Waals surface area (Å²) < 4.78 is 4.60. The smallest absolute Gasteiger partial charge is 0.166 e. The minimum atomic E-state index is -0.0753. The zero-order chi connectivity index (χ0) is 13.7. The van der Waals surface area contributed by atoms with E-state index >= 15 is 0 Å². The molecule has 0 aliphatic rings. The first kappa shape index (κ1) is 14.0. The molecule has 0 N–H and O–H groups in total. The van der Waals surface area contributed by atoms with Crippen molar-refractivity contribution in [3.8, 4) is 0 Å². The summed E-state index contributed by atoms with van der Waals surface area (Å²) >= 11 is 6.15. The third kappa shape index (κ3) is 4.01. The molecule has 0 atom stereocenters. The molecule has 2 aromatic carbocycles. The van der Waals surface area contributed by atoms with Gasteiger partial charge in [-0.05, 0) is 24.6 Å². The molecule has 98 valence electrons. The molecule has 0 saturated heterocycles. The second kappa shape index (κ2) is 6.64. The molecule has 2 aromatic rings. The summed E-state index contributed by atoms with van der Waals surface area (Å²) in [5.74, 6) is 0.724. The minimum Gasteiger partial charge on any atom is -0.227 e. The molecule has 0 amide bonds. The lowest BCUT2D eigenvalue weighted by atomic mass is 10.2. The molecule has 0 aliphatic heterocycles. The van der Waals surface area contributed by atoms with E-state index in [9.17, 15) is 0 Å². The average molecular weight is 291 g/mol. The third-order valence-electron chi connectivity index (χ3n) is 2.38. The molecule has 2 rings (SSSR count). The van der Waals surface area contributed by atoms with Crippen LogP contribution in [0.4, 0.5) is 5.69 Å². The predicted octanol–water partition coefficient (Wildman–Crippen LogP) is 4.48. The standard InChI is InChI=1S/C15H15ClN2S/c1-19(2)18-15(12-8-4-3-5-9-12)17-14-11-7-6-10-13(14)16/h3-11H,1-2H3. The highest BCUT2D eigenvalue weighted by Gasteiger charge is 2.04. The van der Waals surface area contributed by atoms with Crippen LogP contribution < -0.4 is 0 Å². The van der Waals surface area contributed by atoms with E-state index in [2.05, 4.69) is 21.9 Å². The maximum absolute atomic E-state index is 6.15. The number of nitrogens with zero attached hydrogens (tertiary/aromatic N) is 2. The Balaban J connectivity index is 2.51. The van der Waals surface area contributed by atoms with Crippen LogP contribution in [-0.2, 0) is 10.7 Å². The number of para-hydroxylation sites is 1. The zero-order valence-corrected chi connectivity index (χ0v) is 12.4. The van der Waals surface area contributed by atoms with Gasteiger partial charge in [0.25, 0.3) is 0 Å². The van der Waals surface area contributed by atoms with Gasteiger partial charge in [0.15, 0.2) is 5.84 Å². The Labute approximate surface area is 121 Å². The molecule has 0 fully saturated rings. The van der Waals surface area contributed by atoms with Gasteiger partial charge in [-0.25, -0.2) is 9.36 Å². The van der Waals surface area contributed by atoms with Gasteiger partial charge in [-0.1, -0.05) is 64.8 Å². The Hall–Kier alpha value is -1.45. The molecule has 0 saturated carbocycles. The Morgan fingerprint density at radius 1 is 0.947 bits per heavy atom. The van der Waals surface area contributed by atoms with E-state index in [4.69, 9.17) is 11.6 Å². The van der Waals surface area contributed by atoms with Crippen molar-refractivity contribution in [2.75, 3.05) is 12.5 Å². The second-order valence-corrected chi connectivity index (χ2v) is 6.25. The molecule has 0 spiro atoms. The van der Waals surface area contributed by atoms with Crippen molar-refractivity contribution in [2.45, 2.75) is 0 Å². The lowest BCUT2D eigenvalue weighted by Crippen LogP contribution is -1.98. The molecule has 0 unspecified atom stereocenters. The lowest BCUT2D eigenvalue weighted by Gasteiger charge is -2.04. The van der Waals surface area contributed by atoms with Gasteiger partial charge in [0, 0.05) is 5.56 Å². The largest absolute Gasteiger partial charge is 0.227 e. The molecule has 4 heteroatoms. The van der Waals surface area contributed by atoms with E-state index in [0.29, 0.717) is 5.02 Å². The van der Waals surface area contributed by atoms with E-state index < -0.39 is 0 Å².